The molecule has 0 spiro atoms. The third kappa shape index (κ3) is 6.56. The lowest BCUT2D eigenvalue weighted by Gasteiger charge is -2.11. The number of hydrogen-bond acceptors (Lipinski definition) is 6. The van der Waals surface area contributed by atoms with E-state index in [1.54, 1.807) is 19.1 Å². The molecule has 0 fully saturated rings. The van der Waals surface area contributed by atoms with Crippen LogP contribution in [0.1, 0.15) is 22.3 Å². The fourth-order valence-corrected chi connectivity index (χ4v) is 3.97. The summed E-state index contributed by atoms with van der Waals surface area (Å²) in [5.74, 6) is -0.486. The Hall–Kier alpha value is -2.94. The van der Waals surface area contributed by atoms with Crippen LogP contribution in [0.5, 0.6) is 0 Å². The van der Waals surface area contributed by atoms with E-state index in [0.717, 1.165) is 6.26 Å². The second-order valence-electron chi connectivity index (χ2n) is 6.19. The first-order valence-electron chi connectivity index (χ1n) is 8.38. The van der Waals surface area contributed by atoms with Crippen LogP contribution in [0.4, 0.5) is 11.4 Å². The minimum Gasteiger partial charge on any atom is -0.322 e. The molecule has 11 heteroatoms. The summed E-state index contributed by atoms with van der Waals surface area (Å²) >= 11 is 0. The molecule has 0 radical (unpaired) electrons. The minimum atomic E-state index is -3.76. The highest BCUT2D eigenvalue weighted by molar-refractivity contribution is 7.92. The van der Waals surface area contributed by atoms with Crippen LogP contribution in [0, 0.1) is 18.3 Å². The molecule has 1 amide bonds. The van der Waals surface area contributed by atoms with Crippen LogP contribution in [0.25, 0.3) is 0 Å². The normalized spacial score (nSPS) is 11.5. The second kappa shape index (κ2) is 9.04. The van der Waals surface area contributed by atoms with Crippen molar-refractivity contribution in [1.82, 2.24) is 4.72 Å². The van der Waals surface area contributed by atoms with E-state index in [-0.39, 0.29) is 23.4 Å². The second-order valence-corrected chi connectivity index (χ2v) is 9.70. The van der Waals surface area contributed by atoms with Gasteiger partial charge in [0.2, 0.25) is 20.0 Å². The Bertz CT molecular complexity index is 1150. The van der Waals surface area contributed by atoms with Crippen LogP contribution in [0.15, 0.2) is 47.4 Å². The molecule has 154 valence electrons. The van der Waals surface area contributed by atoms with E-state index in [1.165, 1.54) is 30.3 Å². The number of rotatable bonds is 8. The highest BCUT2D eigenvalue weighted by atomic mass is 32.2. The number of nitriles is 1. The number of anilines is 2. The van der Waals surface area contributed by atoms with E-state index in [9.17, 15) is 21.6 Å². The lowest BCUT2D eigenvalue weighted by molar-refractivity contribution is 0.102. The molecular formula is C18H20N4O5S2. The number of hydrogen-bond donors (Lipinski definition) is 3. The van der Waals surface area contributed by atoms with Gasteiger partial charge < -0.3 is 5.32 Å². The van der Waals surface area contributed by atoms with Crippen molar-refractivity contribution in [1.29, 1.82) is 5.26 Å². The van der Waals surface area contributed by atoms with Gasteiger partial charge in [-0.25, -0.2) is 21.6 Å². The predicted molar refractivity (Wildman–Crippen MR) is 109 cm³/mol. The molecule has 0 unspecified atom stereocenters. The molecule has 3 N–H and O–H groups in total. The zero-order valence-electron chi connectivity index (χ0n) is 15.8. The number of carbonyl (C=O) groups is 1. The molecule has 0 heterocycles. The first kappa shape index (κ1) is 22.4. The Morgan fingerprint density at radius 3 is 2.31 bits per heavy atom. The third-order valence-corrected chi connectivity index (χ3v) is 5.81. The van der Waals surface area contributed by atoms with Crippen molar-refractivity contribution in [3.63, 3.8) is 0 Å². The first-order valence-corrected chi connectivity index (χ1v) is 11.8. The highest BCUT2D eigenvalue weighted by Crippen LogP contribution is 2.22. The SMILES string of the molecule is Cc1ccc(NC(=O)c2ccc(S(=O)(=O)NCCC#N)cc2)cc1NS(C)(=O)=O. The first-order chi connectivity index (χ1) is 13.5. The van der Waals surface area contributed by atoms with E-state index in [4.69, 9.17) is 5.26 Å². The summed E-state index contributed by atoms with van der Waals surface area (Å²) in [4.78, 5) is 12.4. The largest absolute Gasteiger partial charge is 0.322 e. The molecule has 0 aromatic heterocycles. The van der Waals surface area contributed by atoms with E-state index in [2.05, 4.69) is 14.8 Å². The lowest BCUT2D eigenvalue weighted by atomic mass is 10.1. The van der Waals surface area contributed by atoms with Gasteiger partial charge in [-0.05, 0) is 48.9 Å². The summed E-state index contributed by atoms with van der Waals surface area (Å²) in [6.07, 6.45) is 1.08. The maximum absolute atomic E-state index is 12.4. The Morgan fingerprint density at radius 1 is 1.07 bits per heavy atom. The quantitative estimate of drug-likeness (QED) is 0.538. The number of benzene rings is 2. The summed E-state index contributed by atoms with van der Waals surface area (Å²) in [5.41, 5.74) is 1.63. The van der Waals surface area contributed by atoms with E-state index < -0.39 is 26.0 Å². The molecule has 0 aliphatic rings. The van der Waals surface area contributed by atoms with E-state index in [0.29, 0.717) is 16.9 Å². The molecular weight excluding hydrogens is 416 g/mol. The molecule has 2 rings (SSSR count). The van der Waals surface area contributed by atoms with Gasteiger partial charge in [-0.15, -0.1) is 0 Å². The van der Waals surface area contributed by atoms with E-state index in [1.807, 2.05) is 6.07 Å². The van der Waals surface area contributed by atoms with E-state index >= 15 is 0 Å². The Balaban J connectivity index is 2.14. The number of sulfonamides is 2. The number of amides is 1. The van der Waals surface area contributed by atoms with Gasteiger partial charge >= 0.3 is 0 Å². The zero-order valence-corrected chi connectivity index (χ0v) is 17.4. The van der Waals surface area contributed by atoms with Gasteiger partial charge in [-0.1, -0.05) is 6.07 Å². The monoisotopic (exact) mass is 436 g/mol. The molecule has 0 saturated heterocycles. The summed E-state index contributed by atoms with van der Waals surface area (Å²) in [6, 6.07) is 11.9. The standard InChI is InChI=1S/C18H20N4O5S2/c1-13-4-7-15(12-17(13)22-28(2,24)25)21-18(23)14-5-8-16(9-6-14)29(26,27)20-11-3-10-19/h4-9,12,20,22H,3,11H2,1-2H3,(H,21,23). The highest BCUT2D eigenvalue weighted by Gasteiger charge is 2.15. The number of carbonyl (C=O) groups excluding carboxylic acids is 1. The van der Waals surface area contributed by atoms with Gasteiger partial charge in [0.05, 0.1) is 22.9 Å². The smallest absolute Gasteiger partial charge is 0.255 e. The van der Waals surface area contributed by atoms with Crippen LogP contribution in [0.3, 0.4) is 0 Å². The average Bonchev–Trinajstić information content (AvgIpc) is 2.63. The summed E-state index contributed by atoms with van der Waals surface area (Å²) in [6.45, 7) is 1.72. The van der Waals surface area contributed by atoms with Crippen molar-refractivity contribution in [3.05, 3.63) is 53.6 Å². The zero-order chi connectivity index (χ0) is 21.7. The fraction of sp³-hybridized carbons (Fsp3) is 0.222. The lowest BCUT2D eigenvalue weighted by Crippen LogP contribution is -2.24. The van der Waals surface area contributed by atoms with Crippen LogP contribution >= 0.6 is 0 Å². The van der Waals surface area contributed by atoms with Crippen molar-refractivity contribution in [2.75, 3.05) is 22.8 Å². The molecule has 0 aliphatic heterocycles. The average molecular weight is 437 g/mol. The van der Waals surface area contributed by atoms with Crippen LogP contribution < -0.4 is 14.8 Å². The fourth-order valence-electron chi connectivity index (χ4n) is 2.32. The van der Waals surface area contributed by atoms with Crippen LogP contribution in [-0.2, 0) is 20.0 Å². The molecule has 0 saturated carbocycles. The van der Waals surface area contributed by atoms with Gasteiger partial charge in [0.15, 0.2) is 0 Å². The summed E-state index contributed by atoms with van der Waals surface area (Å²) in [7, 11) is -7.23. The Morgan fingerprint density at radius 2 is 1.72 bits per heavy atom. The molecule has 0 bridgehead atoms. The van der Waals surface area contributed by atoms with Gasteiger partial charge in [0.1, 0.15) is 0 Å². The van der Waals surface area contributed by atoms with Gasteiger partial charge in [0.25, 0.3) is 5.91 Å². The number of nitrogens with zero attached hydrogens (tertiary/aromatic N) is 1. The molecule has 2 aromatic carbocycles. The summed E-state index contributed by atoms with van der Waals surface area (Å²) in [5, 5.41) is 11.1. The van der Waals surface area contributed by atoms with Crippen LogP contribution in [0.2, 0.25) is 0 Å². The Kier molecular flexibility index (Phi) is 6.97. The minimum absolute atomic E-state index is 0.00164. The third-order valence-electron chi connectivity index (χ3n) is 3.75. The van der Waals surface area contributed by atoms with Crippen molar-refractivity contribution in [2.45, 2.75) is 18.2 Å². The van der Waals surface area contributed by atoms with Crippen molar-refractivity contribution in [3.8, 4) is 6.07 Å². The van der Waals surface area contributed by atoms with Gasteiger partial charge in [0, 0.05) is 24.2 Å². The molecule has 9 nitrogen and oxygen atoms in total. The van der Waals surface area contributed by atoms with Crippen LogP contribution in [-0.4, -0.2) is 35.5 Å². The number of nitrogens with one attached hydrogen (secondary N) is 3. The summed E-state index contributed by atoms with van der Waals surface area (Å²) < 4.78 is 51.7. The van der Waals surface area contributed by atoms with Gasteiger partial charge in [-0.3, -0.25) is 9.52 Å². The van der Waals surface area contributed by atoms with Crippen molar-refractivity contribution >= 4 is 37.3 Å². The number of aryl methyl sites for hydroxylation is 1. The molecule has 29 heavy (non-hydrogen) atoms. The maximum atomic E-state index is 12.4. The topological polar surface area (TPSA) is 145 Å². The molecule has 0 aliphatic carbocycles. The van der Waals surface area contributed by atoms with Crippen molar-refractivity contribution in [2.24, 2.45) is 0 Å². The Labute approximate surface area is 169 Å². The van der Waals surface area contributed by atoms with Gasteiger partial charge in [-0.2, -0.15) is 5.26 Å². The van der Waals surface area contributed by atoms with Crippen molar-refractivity contribution < 1.29 is 21.6 Å². The maximum Gasteiger partial charge on any atom is 0.255 e. The predicted octanol–water partition coefficient (Wildman–Crippen LogP) is 1.81. The molecule has 0 atom stereocenters. The molecule has 2 aromatic rings.